The molecule has 0 atom stereocenters. The molecule has 7 heteroatoms. The van der Waals surface area contributed by atoms with Gasteiger partial charge < -0.3 is 10.2 Å². The van der Waals surface area contributed by atoms with Crippen LogP contribution in [0.4, 0.5) is 11.5 Å². The molecule has 3 aromatic rings. The highest BCUT2D eigenvalue weighted by atomic mass is 35.5. The van der Waals surface area contributed by atoms with Crippen molar-refractivity contribution in [3.05, 3.63) is 75.9 Å². The molecular weight excluding hydrogens is 404 g/mol. The van der Waals surface area contributed by atoms with Crippen LogP contribution < -0.4 is 10.2 Å². The van der Waals surface area contributed by atoms with Crippen molar-refractivity contribution < 1.29 is 4.79 Å². The van der Waals surface area contributed by atoms with Gasteiger partial charge in [0.05, 0.1) is 0 Å². The Morgan fingerprint density at radius 3 is 2.41 bits per heavy atom. The summed E-state index contributed by atoms with van der Waals surface area (Å²) in [6.07, 6.45) is 0. The molecule has 1 amide bonds. The van der Waals surface area contributed by atoms with Gasteiger partial charge in [-0.15, -0.1) is 0 Å². The molecule has 0 unspecified atom stereocenters. The summed E-state index contributed by atoms with van der Waals surface area (Å²) in [6.45, 7) is 4.08. The van der Waals surface area contributed by atoms with Crippen LogP contribution in [-0.4, -0.2) is 30.0 Å². The largest absolute Gasteiger partial charge is 0.363 e. The number of benzene rings is 2. The highest BCUT2D eigenvalue weighted by Crippen LogP contribution is 2.24. The quantitative estimate of drug-likeness (QED) is 0.326. The maximum atomic E-state index is 12.5. The van der Waals surface area contributed by atoms with E-state index in [2.05, 4.69) is 15.3 Å². The van der Waals surface area contributed by atoms with Crippen molar-refractivity contribution in [3.63, 3.8) is 0 Å². The standard InChI is InChI=1S/C22H23ClN4OS/c1-14-5-10-18(11-15(14)2)24-21(28)17-8-6-16(7-9-17)13-29-22-25-19(23)12-20(26-22)27(3)4/h5-12H,13H2,1-4H3,(H,24,28). The van der Waals surface area contributed by atoms with Crippen LogP contribution in [0, 0.1) is 13.8 Å². The third-order valence-electron chi connectivity index (χ3n) is 4.47. The minimum atomic E-state index is -0.124. The first-order chi connectivity index (χ1) is 13.8. The number of nitrogens with zero attached hydrogens (tertiary/aromatic N) is 3. The van der Waals surface area contributed by atoms with E-state index < -0.39 is 0 Å². The molecule has 0 spiro atoms. The lowest BCUT2D eigenvalue weighted by atomic mass is 10.1. The number of hydrogen-bond donors (Lipinski definition) is 1. The highest BCUT2D eigenvalue weighted by molar-refractivity contribution is 7.98. The Labute approximate surface area is 180 Å². The van der Waals surface area contributed by atoms with Gasteiger partial charge in [-0.1, -0.05) is 41.6 Å². The van der Waals surface area contributed by atoms with Crippen molar-refractivity contribution in [2.24, 2.45) is 0 Å². The van der Waals surface area contributed by atoms with Crippen LogP contribution in [0.1, 0.15) is 27.0 Å². The Kier molecular flexibility index (Phi) is 6.77. The average Bonchev–Trinajstić information content (AvgIpc) is 2.69. The Balaban J connectivity index is 1.62. The van der Waals surface area contributed by atoms with Crippen molar-refractivity contribution in [2.45, 2.75) is 24.8 Å². The number of thioether (sulfide) groups is 1. The van der Waals surface area contributed by atoms with E-state index >= 15 is 0 Å². The third-order valence-corrected chi connectivity index (χ3v) is 5.58. The van der Waals surface area contributed by atoms with E-state index in [-0.39, 0.29) is 5.91 Å². The van der Waals surface area contributed by atoms with Gasteiger partial charge in [0.1, 0.15) is 11.0 Å². The molecule has 0 aliphatic carbocycles. The lowest BCUT2D eigenvalue weighted by molar-refractivity contribution is 0.102. The van der Waals surface area contributed by atoms with E-state index in [0.717, 1.165) is 22.6 Å². The number of amides is 1. The zero-order chi connectivity index (χ0) is 21.0. The van der Waals surface area contributed by atoms with E-state index in [1.54, 1.807) is 6.07 Å². The van der Waals surface area contributed by atoms with Gasteiger partial charge in [0, 0.05) is 37.2 Å². The molecule has 0 saturated carbocycles. The van der Waals surface area contributed by atoms with Crippen molar-refractivity contribution in [2.75, 3.05) is 24.3 Å². The first kappa shape index (κ1) is 21.1. The van der Waals surface area contributed by atoms with Gasteiger partial charge in [0.2, 0.25) is 0 Å². The first-order valence-electron chi connectivity index (χ1n) is 9.14. The number of aryl methyl sites for hydroxylation is 2. The SMILES string of the molecule is Cc1ccc(NC(=O)c2ccc(CSc3nc(Cl)cc(N(C)C)n3)cc2)cc1C. The fraction of sp³-hybridized carbons (Fsp3) is 0.227. The first-order valence-corrected chi connectivity index (χ1v) is 10.5. The van der Waals surface area contributed by atoms with Crippen LogP contribution >= 0.6 is 23.4 Å². The number of carbonyl (C=O) groups is 1. The molecule has 29 heavy (non-hydrogen) atoms. The van der Waals surface area contributed by atoms with Gasteiger partial charge >= 0.3 is 0 Å². The molecule has 0 fully saturated rings. The summed E-state index contributed by atoms with van der Waals surface area (Å²) in [5.74, 6) is 1.33. The fourth-order valence-corrected chi connectivity index (χ4v) is 3.64. The number of aromatic nitrogens is 2. The topological polar surface area (TPSA) is 58.1 Å². The van der Waals surface area contributed by atoms with E-state index in [1.165, 1.54) is 17.3 Å². The summed E-state index contributed by atoms with van der Waals surface area (Å²) >= 11 is 7.59. The molecule has 150 valence electrons. The van der Waals surface area contributed by atoms with Crippen molar-refractivity contribution in [1.29, 1.82) is 0 Å². The molecule has 0 saturated heterocycles. The third kappa shape index (κ3) is 5.71. The Morgan fingerprint density at radius 2 is 1.76 bits per heavy atom. The van der Waals surface area contributed by atoms with Crippen LogP contribution in [0.25, 0.3) is 0 Å². The molecule has 1 aromatic heterocycles. The van der Waals surface area contributed by atoms with Gasteiger partial charge in [-0.05, 0) is 54.8 Å². The lowest BCUT2D eigenvalue weighted by Gasteiger charge is -2.12. The zero-order valence-electron chi connectivity index (χ0n) is 16.9. The average molecular weight is 427 g/mol. The molecule has 0 aliphatic heterocycles. The Bertz CT molecular complexity index is 1020. The van der Waals surface area contributed by atoms with Crippen LogP contribution in [0.2, 0.25) is 5.15 Å². The van der Waals surface area contributed by atoms with Crippen LogP contribution in [-0.2, 0) is 5.75 Å². The van der Waals surface area contributed by atoms with Crippen LogP contribution in [0.5, 0.6) is 0 Å². The molecule has 3 rings (SSSR count). The van der Waals surface area contributed by atoms with Gasteiger partial charge in [-0.25, -0.2) is 9.97 Å². The van der Waals surface area contributed by atoms with E-state index in [0.29, 0.717) is 21.6 Å². The summed E-state index contributed by atoms with van der Waals surface area (Å²) in [7, 11) is 3.82. The van der Waals surface area contributed by atoms with Gasteiger partial charge in [0.25, 0.3) is 5.91 Å². The number of hydrogen-bond acceptors (Lipinski definition) is 5. The maximum Gasteiger partial charge on any atom is 0.255 e. The molecule has 1 heterocycles. The number of carbonyl (C=O) groups excluding carboxylic acids is 1. The molecule has 0 aliphatic rings. The van der Waals surface area contributed by atoms with E-state index in [1.807, 2.05) is 75.3 Å². The smallest absolute Gasteiger partial charge is 0.255 e. The predicted molar refractivity (Wildman–Crippen MR) is 121 cm³/mol. The molecule has 1 N–H and O–H groups in total. The molecule has 2 aromatic carbocycles. The van der Waals surface area contributed by atoms with Gasteiger partial charge in [-0.2, -0.15) is 0 Å². The summed E-state index contributed by atoms with van der Waals surface area (Å²) in [6, 6.07) is 15.2. The summed E-state index contributed by atoms with van der Waals surface area (Å²) in [4.78, 5) is 23.1. The minimum Gasteiger partial charge on any atom is -0.363 e. The van der Waals surface area contributed by atoms with Crippen LogP contribution in [0.3, 0.4) is 0 Å². The fourth-order valence-electron chi connectivity index (χ4n) is 2.60. The van der Waals surface area contributed by atoms with Gasteiger partial charge in [-0.3, -0.25) is 4.79 Å². The monoisotopic (exact) mass is 426 g/mol. The molecule has 0 bridgehead atoms. The lowest BCUT2D eigenvalue weighted by Crippen LogP contribution is -2.12. The normalized spacial score (nSPS) is 10.7. The van der Waals surface area contributed by atoms with Gasteiger partial charge in [0.15, 0.2) is 5.16 Å². The van der Waals surface area contributed by atoms with Crippen LogP contribution in [0.15, 0.2) is 53.7 Å². The van der Waals surface area contributed by atoms with Crippen molar-refractivity contribution >= 4 is 40.8 Å². The van der Waals surface area contributed by atoms with E-state index in [9.17, 15) is 4.79 Å². The Morgan fingerprint density at radius 1 is 1.03 bits per heavy atom. The number of rotatable bonds is 6. The number of halogens is 1. The summed E-state index contributed by atoms with van der Waals surface area (Å²) in [5.41, 5.74) is 4.84. The molecule has 5 nitrogen and oxygen atoms in total. The van der Waals surface area contributed by atoms with Crippen molar-refractivity contribution in [1.82, 2.24) is 9.97 Å². The molecular formula is C22H23ClN4OS. The second kappa shape index (κ2) is 9.29. The Hall–Kier alpha value is -2.57. The predicted octanol–water partition coefficient (Wildman–Crippen LogP) is 5.36. The van der Waals surface area contributed by atoms with E-state index in [4.69, 9.17) is 11.6 Å². The second-order valence-electron chi connectivity index (χ2n) is 6.96. The van der Waals surface area contributed by atoms with Crippen molar-refractivity contribution in [3.8, 4) is 0 Å². The highest BCUT2D eigenvalue weighted by Gasteiger charge is 2.09. The molecule has 0 radical (unpaired) electrons. The second-order valence-corrected chi connectivity index (χ2v) is 8.29. The zero-order valence-corrected chi connectivity index (χ0v) is 18.4. The summed E-state index contributed by atoms with van der Waals surface area (Å²) < 4.78 is 0. The number of nitrogens with one attached hydrogen (secondary N) is 1. The maximum absolute atomic E-state index is 12.5. The minimum absolute atomic E-state index is 0.124. The number of anilines is 2. The summed E-state index contributed by atoms with van der Waals surface area (Å²) in [5, 5.41) is 3.99.